The summed E-state index contributed by atoms with van der Waals surface area (Å²) < 4.78 is 6.00. The van der Waals surface area contributed by atoms with Crippen LogP contribution in [0, 0.1) is 0 Å². The highest BCUT2D eigenvalue weighted by atomic mass is 16.5. The van der Waals surface area contributed by atoms with Gasteiger partial charge >= 0.3 is 0 Å². The summed E-state index contributed by atoms with van der Waals surface area (Å²) in [6.07, 6.45) is 3.18. The molecule has 0 radical (unpaired) electrons. The fourth-order valence-corrected chi connectivity index (χ4v) is 2.41. The number of hydrogen-bond acceptors (Lipinski definition) is 4. The Morgan fingerprint density at radius 3 is 2.70 bits per heavy atom. The summed E-state index contributed by atoms with van der Waals surface area (Å²) in [7, 11) is 4.22. The molecule has 112 valence electrons. The van der Waals surface area contributed by atoms with Crippen LogP contribution in [-0.2, 0) is 11.2 Å². The third-order valence-corrected chi connectivity index (χ3v) is 4.54. The van der Waals surface area contributed by atoms with Crippen molar-refractivity contribution in [1.82, 2.24) is 9.88 Å². The molecule has 4 heteroatoms. The molecule has 1 saturated heterocycles. The van der Waals surface area contributed by atoms with E-state index in [1.165, 1.54) is 5.69 Å². The SMILES string of the molecule is CCc1ccc(N2CCO[C@H](C(C)(C)N(C)C)C2)cn1. The number of anilines is 1. The number of likely N-dealkylation sites (N-methyl/N-ethyl adjacent to an activating group) is 1. The minimum Gasteiger partial charge on any atom is -0.373 e. The fraction of sp³-hybridized carbons (Fsp3) is 0.688. The van der Waals surface area contributed by atoms with E-state index in [-0.39, 0.29) is 11.6 Å². The lowest BCUT2D eigenvalue weighted by atomic mass is 9.94. The van der Waals surface area contributed by atoms with Gasteiger partial charge in [0.2, 0.25) is 0 Å². The van der Waals surface area contributed by atoms with Gasteiger partial charge in [0.25, 0.3) is 0 Å². The highest BCUT2D eigenvalue weighted by Gasteiger charge is 2.36. The number of rotatable bonds is 4. The average molecular weight is 277 g/mol. The second kappa shape index (κ2) is 6.10. The van der Waals surface area contributed by atoms with Crippen molar-refractivity contribution >= 4 is 5.69 Å². The van der Waals surface area contributed by atoms with Crippen LogP contribution in [0.4, 0.5) is 5.69 Å². The maximum absolute atomic E-state index is 6.00. The van der Waals surface area contributed by atoms with E-state index in [0.29, 0.717) is 0 Å². The summed E-state index contributed by atoms with van der Waals surface area (Å²) in [5.74, 6) is 0. The smallest absolute Gasteiger partial charge is 0.0928 e. The van der Waals surface area contributed by atoms with E-state index in [0.717, 1.165) is 31.8 Å². The Morgan fingerprint density at radius 1 is 1.40 bits per heavy atom. The second-order valence-electron chi connectivity index (χ2n) is 6.21. The molecule has 0 unspecified atom stereocenters. The van der Waals surface area contributed by atoms with E-state index in [9.17, 15) is 0 Å². The van der Waals surface area contributed by atoms with Gasteiger partial charge < -0.3 is 14.5 Å². The third-order valence-electron chi connectivity index (χ3n) is 4.54. The maximum atomic E-state index is 6.00. The topological polar surface area (TPSA) is 28.6 Å². The van der Waals surface area contributed by atoms with Crippen LogP contribution >= 0.6 is 0 Å². The molecule has 0 spiro atoms. The van der Waals surface area contributed by atoms with Crippen molar-refractivity contribution in [3.63, 3.8) is 0 Å². The van der Waals surface area contributed by atoms with Gasteiger partial charge in [-0.15, -0.1) is 0 Å². The molecule has 0 bridgehead atoms. The number of ether oxygens (including phenoxy) is 1. The van der Waals surface area contributed by atoms with Crippen LogP contribution in [0.1, 0.15) is 26.5 Å². The molecule has 1 aliphatic rings. The normalized spacial score (nSPS) is 20.5. The van der Waals surface area contributed by atoms with E-state index < -0.39 is 0 Å². The molecule has 0 aliphatic carbocycles. The average Bonchev–Trinajstić information content (AvgIpc) is 2.47. The van der Waals surface area contributed by atoms with Gasteiger partial charge in [-0.3, -0.25) is 4.98 Å². The molecule has 1 fully saturated rings. The van der Waals surface area contributed by atoms with Crippen molar-refractivity contribution in [3.8, 4) is 0 Å². The zero-order chi connectivity index (χ0) is 14.8. The summed E-state index contributed by atoms with van der Waals surface area (Å²) in [6, 6.07) is 4.30. The zero-order valence-electron chi connectivity index (χ0n) is 13.4. The molecule has 20 heavy (non-hydrogen) atoms. The second-order valence-corrected chi connectivity index (χ2v) is 6.21. The summed E-state index contributed by atoms with van der Waals surface area (Å²) in [5.41, 5.74) is 2.37. The van der Waals surface area contributed by atoms with Gasteiger partial charge in [-0.25, -0.2) is 0 Å². The summed E-state index contributed by atoms with van der Waals surface area (Å²) >= 11 is 0. The van der Waals surface area contributed by atoms with Crippen molar-refractivity contribution < 1.29 is 4.74 Å². The van der Waals surface area contributed by atoms with E-state index in [2.05, 4.69) is 61.8 Å². The van der Waals surface area contributed by atoms with Crippen molar-refractivity contribution in [3.05, 3.63) is 24.0 Å². The summed E-state index contributed by atoms with van der Waals surface area (Å²) in [5, 5.41) is 0. The molecule has 2 rings (SSSR count). The monoisotopic (exact) mass is 277 g/mol. The number of nitrogens with zero attached hydrogens (tertiary/aromatic N) is 3. The van der Waals surface area contributed by atoms with Gasteiger partial charge in [0.15, 0.2) is 0 Å². The van der Waals surface area contributed by atoms with Crippen LogP contribution in [0.25, 0.3) is 0 Å². The van der Waals surface area contributed by atoms with Crippen LogP contribution in [0.2, 0.25) is 0 Å². The first-order valence-electron chi connectivity index (χ1n) is 7.44. The molecule has 1 atom stereocenters. The van der Waals surface area contributed by atoms with Gasteiger partial charge in [-0.1, -0.05) is 6.92 Å². The highest BCUT2D eigenvalue weighted by Crippen LogP contribution is 2.25. The van der Waals surface area contributed by atoms with E-state index in [1.807, 2.05) is 6.20 Å². The summed E-state index contributed by atoms with van der Waals surface area (Å²) in [6.45, 7) is 9.23. The van der Waals surface area contributed by atoms with Crippen molar-refractivity contribution in [2.75, 3.05) is 38.7 Å². The van der Waals surface area contributed by atoms with Crippen LogP contribution in [0.5, 0.6) is 0 Å². The Morgan fingerprint density at radius 2 is 2.15 bits per heavy atom. The first-order chi connectivity index (χ1) is 9.45. The molecule has 0 saturated carbocycles. The molecular formula is C16H27N3O. The lowest BCUT2D eigenvalue weighted by Gasteiger charge is -2.45. The van der Waals surface area contributed by atoms with Crippen LogP contribution in [-0.4, -0.2) is 55.3 Å². The van der Waals surface area contributed by atoms with Crippen LogP contribution in [0.3, 0.4) is 0 Å². The predicted molar refractivity (Wildman–Crippen MR) is 83.3 cm³/mol. The van der Waals surface area contributed by atoms with Gasteiger partial charge in [0, 0.05) is 24.3 Å². The lowest BCUT2D eigenvalue weighted by molar-refractivity contribution is -0.0484. The molecule has 4 nitrogen and oxygen atoms in total. The quantitative estimate of drug-likeness (QED) is 0.843. The number of hydrogen-bond donors (Lipinski definition) is 0. The first-order valence-corrected chi connectivity index (χ1v) is 7.44. The maximum Gasteiger partial charge on any atom is 0.0928 e. The number of aromatic nitrogens is 1. The van der Waals surface area contributed by atoms with Gasteiger partial charge in [-0.05, 0) is 46.5 Å². The van der Waals surface area contributed by atoms with Gasteiger partial charge in [-0.2, -0.15) is 0 Å². The van der Waals surface area contributed by atoms with Gasteiger partial charge in [0.05, 0.1) is 24.6 Å². The molecule has 0 N–H and O–H groups in total. The van der Waals surface area contributed by atoms with E-state index in [4.69, 9.17) is 4.74 Å². The Balaban J connectivity index is 2.10. The number of pyridine rings is 1. The molecule has 0 amide bonds. The van der Waals surface area contributed by atoms with E-state index >= 15 is 0 Å². The number of aryl methyl sites for hydroxylation is 1. The minimum absolute atomic E-state index is 0.0233. The van der Waals surface area contributed by atoms with Gasteiger partial charge in [0.1, 0.15) is 0 Å². The van der Waals surface area contributed by atoms with Crippen molar-refractivity contribution in [2.24, 2.45) is 0 Å². The zero-order valence-corrected chi connectivity index (χ0v) is 13.4. The standard InChI is InChI=1S/C16H27N3O/c1-6-13-7-8-14(11-17-13)19-9-10-20-15(12-19)16(2,3)18(4)5/h7-8,11,15H,6,9-10,12H2,1-5H3/t15-/m0/s1. The molecule has 1 aliphatic heterocycles. The summed E-state index contributed by atoms with van der Waals surface area (Å²) in [4.78, 5) is 9.12. The molecule has 2 heterocycles. The number of morpholine rings is 1. The Bertz CT molecular complexity index is 428. The minimum atomic E-state index is 0.0233. The Kier molecular flexibility index (Phi) is 4.66. The Labute approximate surface area is 122 Å². The van der Waals surface area contributed by atoms with Crippen LogP contribution < -0.4 is 4.90 Å². The lowest BCUT2D eigenvalue weighted by Crippen LogP contribution is -2.57. The Hall–Kier alpha value is -1.13. The largest absolute Gasteiger partial charge is 0.373 e. The molecule has 0 aromatic carbocycles. The molecule has 1 aromatic heterocycles. The van der Waals surface area contributed by atoms with Crippen molar-refractivity contribution in [1.29, 1.82) is 0 Å². The van der Waals surface area contributed by atoms with Crippen LogP contribution in [0.15, 0.2) is 18.3 Å². The van der Waals surface area contributed by atoms with E-state index in [1.54, 1.807) is 0 Å². The van der Waals surface area contributed by atoms with Crippen molar-refractivity contribution in [2.45, 2.75) is 38.8 Å². The highest BCUT2D eigenvalue weighted by molar-refractivity contribution is 5.45. The third kappa shape index (κ3) is 3.13. The fourth-order valence-electron chi connectivity index (χ4n) is 2.41. The predicted octanol–water partition coefficient (Wildman–Crippen LogP) is 2.19. The first kappa shape index (κ1) is 15.3. The molecular weight excluding hydrogens is 250 g/mol. The molecule has 1 aromatic rings.